The Labute approximate surface area is 142 Å². The smallest absolute Gasteiger partial charge is 0.333 e. The van der Waals surface area contributed by atoms with Crippen molar-refractivity contribution >= 4 is 11.9 Å². The average Bonchev–Trinajstić information content (AvgIpc) is 2.52. The third-order valence-electron chi connectivity index (χ3n) is 2.15. The molecule has 0 heterocycles. The molecule has 0 radical (unpaired) electrons. The molecule has 0 aliphatic rings. The lowest BCUT2D eigenvalue weighted by molar-refractivity contribution is -0.140. The first-order valence-corrected chi connectivity index (χ1v) is 7.38. The van der Waals surface area contributed by atoms with E-state index in [1.165, 1.54) is 6.92 Å². The molecule has 0 saturated carbocycles. The Morgan fingerprint density at radius 3 is 1.50 bits per heavy atom. The van der Waals surface area contributed by atoms with Crippen LogP contribution in [0.5, 0.6) is 0 Å². The molecule has 0 spiro atoms. The largest absolute Gasteiger partial charge is 0.478 e. The molecule has 24 heavy (non-hydrogen) atoms. The summed E-state index contributed by atoms with van der Waals surface area (Å²) in [5.74, 6) is -1.34. The van der Waals surface area contributed by atoms with Crippen molar-refractivity contribution in [3.05, 3.63) is 24.3 Å². The number of carboxylic acids is 1. The highest BCUT2D eigenvalue weighted by Gasteiger charge is 2.01. The maximum Gasteiger partial charge on any atom is 0.333 e. The van der Waals surface area contributed by atoms with Crippen molar-refractivity contribution in [2.75, 3.05) is 52.9 Å². The lowest BCUT2D eigenvalue weighted by Gasteiger charge is -2.07. The minimum Gasteiger partial charge on any atom is -0.478 e. The Balaban J connectivity index is 0. The Bertz CT molecular complexity index is 366. The molecule has 8 nitrogen and oxygen atoms in total. The number of rotatable bonds is 13. The highest BCUT2D eigenvalue weighted by molar-refractivity contribution is 5.86. The van der Waals surface area contributed by atoms with Crippen molar-refractivity contribution in [1.29, 1.82) is 0 Å². The first-order valence-electron chi connectivity index (χ1n) is 7.38. The minimum absolute atomic E-state index is 0.0199. The summed E-state index contributed by atoms with van der Waals surface area (Å²) in [4.78, 5) is 20.6. The van der Waals surface area contributed by atoms with Crippen LogP contribution in [0, 0.1) is 0 Å². The van der Waals surface area contributed by atoms with Crippen LogP contribution in [0.2, 0.25) is 0 Å². The molecule has 0 bridgehead atoms. The molecule has 2 N–H and O–H groups in total. The van der Waals surface area contributed by atoms with Crippen LogP contribution >= 0.6 is 0 Å². The first kappa shape index (κ1) is 24.5. The van der Waals surface area contributed by atoms with Gasteiger partial charge in [0.15, 0.2) is 0 Å². The van der Waals surface area contributed by atoms with Crippen LogP contribution in [-0.2, 0) is 28.5 Å². The standard InChI is InChI=1S/C12H22O6.C4H6O2/c1-11(2)12(14)18-10-9-17-8-7-16-6-5-15-4-3-13;1-3(2)4(5)6/h13H,1,3-10H2,2H3;1H2,2H3,(H,5,6). The Morgan fingerprint density at radius 2 is 1.17 bits per heavy atom. The number of carbonyl (C=O) groups is 2. The van der Waals surface area contributed by atoms with Gasteiger partial charge in [0.25, 0.3) is 0 Å². The van der Waals surface area contributed by atoms with E-state index in [0.717, 1.165) is 0 Å². The van der Waals surface area contributed by atoms with Crippen molar-refractivity contribution in [3.63, 3.8) is 0 Å². The van der Waals surface area contributed by atoms with Gasteiger partial charge in [-0.1, -0.05) is 13.2 Å². The quantitative estimate of drug-likeness (QED) is 0.285. The number of carboxylic acid groups (broad SMARTS) is 1. The van der Waals surface area contributed by atoms with E-state index in [1.807, 2.05) is 0 Å². The van der Waals surface area contributed by atoms with E-state index in [2.05, 4.69) is 13.2 Å². The molecule has 0 unspecified atom stereocenters. The van der Waals surface area contributed by atoms with Crippen molar-refractivity contribution in [2.45, 2.75) is 13.8 Å². The maximum atomic E-state index is 11.0. The highest BCUT2D eigenvalue weighted by atomic mass is 16.6. The lowest BCUT2D eigenvalue weighted by atomic mass is 10.4. The summed E-state index contributed by atoms with van der Waals surface area (Å²) in [6.45, 7) is 12.4. The Morgan fingerprint density at radius 1 is 0.792 bits per heavy atom. The summed E-state index contributed by atoms with van der Waals surface area (Å²) in [7, 11) is 0. The van der Waals surface area contributed by atoms with Crippen molar-refractivity contribution in [3.8, 4) is 0 Å². The molecule has 0 fully saturated rings. The van der Waals surface area contributed by atoms with E-state index in [4.69, 9.17) is 29.2 Å². The van der Waals surface area contributed by atoms with E-state index in [1.54, 1.807) is 6.92 Å². The fourth-order valence-electron chi connectivity index (χ4n) is 0.923. The monoisotopic (exact) mass is 348 g/mol. The third-order valence-corrected chi connectivity index (χ3v) is 2.15. The second kappa shape index (κ2) is 17.6. The van der Waals surface area contributed by atoms with Gasteiger partial charge in [0.2, 0.25) is 0 Å². The summed E-state index contributed by atoms with van der Waals surface area (Å²) in [6.07, 6.45) is 0. The second-order valence-electron chi connectivity index (χ2n) is 4.56. The molecule has 0 saturated heterocycles. The second-order valence-corrected chi connectivity index (χ2v) is 4.56. The fourth-order valence-corrected chi connectivity index (χ4v) is 0.923. The fraction of sp³-hybridized carbons (Fsp3) is 0.625. The predicted octanol–water partition coefficient (Wildman–Crippen LogP) is 0.795. The van der Waals surface area contributed by atoms with E-state index < -0.39 is 11.9 Å². The molecular formula is C16H28O8. The first-order chi connectivity index (χ1) is 11.3. The topological polar surface area (TPSA) is 112 Å². The van der Waals surface area contributed by atoms with Crippen LogP contribution in [0.3, 0.4) is 0 Å². The number of esters is 1. The summed E-state index contributed by atoms with van der Waals surface area (Å²) >= 11 is 0. The molecular weight excluding hydrogens is 320 g/mol. The molecule has 0 aromatic heterocycles. The van der Waals surface area contributed by atoms with Crippen molar-refractivity contribution < 1.29 is 38.7 Å². The van der Waals surface area contributed by atoms with Gasteiger partial charge in [-0.25, -0.2) is 9.59 Å². The SMILES string of the molecule is C=C(C)C(=O)O.C=C(C)C(=O)OCCOCCOCCOCCO. The molecule has 0 aliphatic heterocycles. The molecule has 0 aliphatic carbocycles. The zero-order valence-electron chi connectivity index (χ0n) is 14.4. The predicted molar refractivity (Wildman–Crippen MR) is 87.8 cm³/mol. The normalized spacial score (nSPS) is 9.62. The molecule has 0 amide bonds. The van der Waals surface area contributed by atoms with Crippen LogP contribution in [0.4, 0.5) is 0 Å². The molecule has 0 atom stereocenters. The molecule has 0 rings (SSSR count). The molecule has 0 aromatic rings. The summed E-state index contributed by atoms with van der Waals surface area (Å²) < 4.78 is 20.2. The summed E-state index contributed by atoms with van der Waals surface area (Å²) in [5, 5.41) is 16.3. The number of aliphatic hydroxyl groups is 1. The van der Waals surface area contributed by atoms with Crippen LogP contribution in [0.1, 0.15) is 13.8 Å². The van der Waals surface area contributed by atoms with E-state index in [-0.39, 0.29) is 18.8 Å². The number of hydrogen-bond donors (Lipinski definition) is 2. The van der Waals surface area contributed by atoms with Crippen molar-refractivity contribution in [1.82, 2.24) is 0 Å². The van der Waals surface area contributed by atoms with Crippen LogP contribution in [0.25, 0.3) is 0 Å². The maximum absolute atomic E-state index is 11.0. The number of carbonyl (C=O) groups excluding carboxylic acids is 1. The van der Waals surface area contributed by atoms with Gasteiger partial charge in [0, 0.05) is 11.1 Å². The minimum atomic E-state index is -0.935. The average molecular weight is 348 g/mol. The van der Waals surface area contributed by atoms with Crippen LogP contribution in [-0.4, -0.2) is 75.0 Å². The van der Waals surface area contributed by atoms with Gasteiger partial charge < -0.3 is 29.2 Å². The zero-order chi connectivity index (χ0) is 18.8. The Hall–Kier alpha value is -1.74. The number of hydrogen-bond acceptors (Lipinski definition) is 7. The number of ether oxygens (including phenoxy) is 4. The van der Waals surface area contributed by atoms with Gasteiger partial charge in [0.05, 0.1) is 46.2 Å². The molecule has 140 valence electrons. The van der Waals surface area contributed by atoms with Gasteiger partial charge in [-0.15, -0.1) is 0 Å². The van der Waals surface area contributed by atoms with Gasteiger partial charge in [-0.3, -0.25) is 0 Å². The lowest BCUT2D eigenvalue weighted by Crippen LogP contribution is -2.14. The summed E-state index contributed by atoms with van der Waals surface area (Å²) in [6, 6.07) is 0. The van der Waals surface area contributed by atoms with E-state index >= 15 is 0 Å². The van der Waals surface area contributed by atoms with Gasteiger partial charge >= 0.3 is 11.9 Å². The van der Waals surface area contributed by atoms with Crippen molar-refractivity contribution in [2.24, 2.45) is 0 Å². The van der Waals surface area contributed by atoms with E-state index in [9.17, 15) is 9.59 Å². The molecule has 0 aromatic carbocycles. The zero-order valence-corrected chi connectivity index (χ0v) is 14.4. The Kier molecular flexibility index (Phi) is 18.0. The van der Waals surface area contributed by atoms with Crippen LogP contribution in [0.15, 0.2) is 24.3 Å². The third kappa shape index (κ3) is 20.3. The van der Waals surface area contributed by atoms with Crippen LogP contribution < -0.4 is 0 Å². The van der Waals surface area contributed by atoms with E-state index in [0.29, 0.717) is 45.2 Å². The highest BCUT2D eigenvalue weighted by Crippen LogP contribution is 1.91. The van der Waals surface area contributed by atoms with Gasteiger partial charge in [-0.2, -0.15) is 0 Å². The summed E-state index contributed by atoms with van der Waals surface area (Å²) in [5.41, 5.74) is 0.552. The number of aliphatic hydroxyl groups excluding tert-OH is 1. The molecule has 8 heteroatoms. The van der Waals surface area contributed by atoms with Gasteiger partial charge in [0.1, 0.15) is 6.61 Å². The number of aliphatic carboxylic acids is 1. The van der Waals surface area contributed by atoms with Gasteiger partial charge in [-0.05, 0) is 13.8 Å².